The van der Waals surface area contributed by atoms with Crippen molar-refractivity contribution < 1.29 is 19.8 Å². The van der Waals surface area contributed by atoms with E-state index in [2.05, 4.69) is 26.3 Å². The van der Waals surface area contributed by atoms with E-state index in [0.29, 0.717) is 23.7 Å². The van der Waals surface area contributed by atoms with Gasteiger partial charge in [0.15, 0.2) is 12.6 Å². The normalized spacial score (nSPS) is 7.64. The molecule has 0 aliphatic carbocycles. The Morgan fingerprint density at radius 3 is 1.09 bits per heavy atom. The quantitative estimate of drug-likeness (QED) is 0.649. The van der Waals surface area contributed by atoms with Crippen LogP contribution >= 0.6 is 0 Å². The number of aldehydes is 2. The summed E-state index contributed by atoms with van der Waals surface area (Å²) in [6, 6.07) is 12.8. The van der Waals surface area contributed by atoms with Crippen LogP contribution in [0.3, 0.4) is 0 Å². The van der Waals surface area contributed by atoms with Gasteiger partial charge in [0.05, 0.1) is 11.1 Å². The van der Waals surface area contributed by atoms with Crippen LogP contribution in [0.15, 0.2) is 74.8 Å². The minimum Gasteiger partial charge on any atom is -0.507 e. The van der Waals surface area contributed by atoms with Crippen molar-refractivity contribution >= 4 is 12.6 Å². The Balaban J connectivity index is 0. The van der Waals surface area contributed by atoms with E-state index in [-0.39, 0.29) is 11.5 Å². The predicted molar refractivity (Wildman–Crippen MR) is 89.5 cm³/mol. The summed E-state index contributed by atoms with van der Waals surface area (Å²) in [6.45, 7) is 12.0. The Morgan fingerprint density at radius 1 is 0.636 bits per heavy atom. The molecular weight excluding hydrogens is 280 g/mol. The topological polar surface area (TPSA) is 74.6 Å². The van der Waals surface area contributed by atoms with Crippen LogP contribution in [-0.2, 0) is 0 Å². The molecule has 2 aromatic rings. The van der Waals surface area contributed by atoms with Crippen LogP contribution in [0.4, 0.5) is 0 Å². The fraction of sp³-hybridized carbons (Fsp3) is 0. The fourth-order valence-corrected chi connectivity index (χ4v) is 1.17. The number of aromatic hydroxyl groups is 2. The molecule has 0 heterocycles. The summed E-state index contributed by atoms with van der Waals surface area (Å²) in [5.41, 5.74) is 0.662. The third kappa shape index (κ3) is 8.12. The zero-order valence-corrected chi connectivity index (χ0v) is 12.3. The Kier molecular flexibility index (Phi) is 13.7. The minimum atomic E-state index is 0.0347. The molecule has 0 amide bonds. The molecule has 0 bridgehead atoms. The van der Waals surface area contributed by atoms with Gasteiger partial charge in [-0.2, -0.15) is 0 Å². The van der Waals surface area contributed by atoms with Gasteiger partial charge in [-0.25, -0.2) is 0 Å². The Hall–Kier alpha value is -3.14. The van der Waals surface area contributed by atoms with Crippen LogP contribution < -0.4 is 0 Å². The van der Waals surface area contributed by atoms with Gasteiger partial charge in [0.25, 0.3) is 0 Å². The second kappa shape index (κ2) is 14.3. The first kappa shape index (κ1) is 21.2. The molecule has 0 unspecified atom stereocenters. The maximum absolute atomic E-state index is 10.1. The lowest BCUT2D eigenvalue weighted by Crippen LogP contribution is -1.77. The molecule has 0 spiro atoms. The van der Waals surface area contributed by atoms with Gasteiger partial charge in [-0.3, -0.25) is 9.59 Å². The van der Waals surface area contributed by atoms with E-state index in [0.717, 1.165) is 0 Å². The maximum atomic E-state index is 10.1. The van der Waals surface area contributed by atoms with Gasteiger partial charge in [0.1, 0.15) is 11.5 Å². The Labute approximate surface area is 130 Å². The van der Waals surface area contributed by atoms with Crippen molar-refractivity contribution in [1.82, 2.24) is 0 Å². The number of para-hydroxylation sites is 2. The lowest BCUT2D eigenvalue weighted by Gasteiger charge is -1.91. The molecule has 4 nitrogen and oxygen atoms in total. The fourth-order valence-electron chi connectivity index (χ4n) is 1.17. The summed E-state index contributed by atoms with van der Waals surface area (Å²) in [7, 11) is 0. The van der Waals surface area contributed by atoms with Crippen molar-refractivity contribution in [2.24, 2.45) is 0 Å². The molecule has 2 N–H and O–H groups in total. The average Bonchev–Trinajstić information content (AvgIpc) is 2.60. The standard InChI is InChI=1S/2C7H6O2.2C2H4/c2*8-5-6-3-1-2-4-7(6)9;2*1-2/h2*1-5,9H;2*1-2H2. The number of rotatable bonds is 2. The van der Waals surface area contributed by atoms with Gasteiger partial charge in [-0.1, -0.05) is 24.3 Å². The molecule has 0 aliphatic heterocycles. The van der Waals surface area contributed by atoms with Crippen LogP contribution in [0.2, 0.25) is 0 Å². The van der Waals surface area contributed by atoms with Crippen LogP contribution in [0.25, 0.3) is 0 Å². The SMILES string of the molecule is C=C.C=C.O=Cc1ccccc1O.O=Cc1ccccc1O. The van der Waals surface area contributed by atoms with Gasteiger partial charge >= 0.3 is 0 Å². The van der Waals surface area contributed by atoms with Crippen molar-refractivity contribution in [2.45, 2.75) is 0 Å². The summed E-state index contributed by atoms with van der Waals surface area (Å²) >= 11 is 0. The molecule has 22 heavy (non-hydrogen) atoms. The number of phenols is 2. The van der Waals surface area contributed by atoms with E-state index in [9.17, 15) is 9.59 Å². The first-order valence-corrected chi connectivity index (χ1v) is 6.15. The number of hydrogen-bond acceptors (Lipinski definition) is 4. The Morgan fingerprint density at radius 2 is 0.909 bits per heavy atom. The average molecular weight is 300 g/mol. The van der Waals surface area contributed by atoms with Crippen molar-refractivity contribution in [2.75, 3.05) is 0 Å². The van der Waals surface area contributed by atoms with E-state index in [1.165, 1.54) is 12.1 Å². The molecule has 2 aromatic carbocycles. The lowest BCUT2D eigenvalue weighted by atomic mass is 10.2. The highest BCUT2D eigenvalue weighted by Crippen LogP contribution is 2.12. The molecule has 0 radical (unpaired) electrons. The summed E-state index contributed by atoms with van der Waals surface area (Å²) < 4.78 is 0. The third-order valence-electron chi connectivity index (χ3n) is 2.13. The number of phenolic OH excluding ortho intramolecular Hbond substituents is 2. The molecule has 116 valence electrons. The van der Waals surface area contributed by atoms with Crippen molar-refractivity contribution in [3.8, 4) is 11.5 Å². The highest BCUT2D eigenvalue weighted by molar-refractivity contribution is 5.79. The van der Waals surface area contributed by atoms with E-state index in [1.807, 2.05) is 0 Å². The summed E-state index contributed by atoms with van der Waals surface area (Å²) in [6.07, 6.45) is 1.24. The van der Waals surface area contributed by atoms with Crippen LogP contribution in [0, 0.1) is 0 Å². The number of carbonyl (C=O) groups excluding carboxylic acids is 2. The van der Waals surface area contributed by atoms with E-state index < -0.39 is 0 Å². The molecule has 0 atom stereocenters. The van der Waals surface area contributed by atoms with Crippen LogP contribution in [-0.4, -0.2) is 22.8 Å². The Bertz CT molecular complexity index is 513. The second-order valence-electron chi connectivity index (χ2n) is 3.35. The molecule has 2 rings (SSSR count). The van der Waals surface area contributed by atoms with E-state index in [1.54, 1.807) is 36.4 Å². The highest BCUT2D eigenvalue weighted by atomic mass is 16.3. The van der Waals surface area contributed by atoms with Gasteiger partial charge in [-0.05, 0) is 24.3 Å². The second-order valence-corrected chi connectivity index (χ2v) is 3.35. The zero-order valence-electron chi connectivity index (χ0n) is 12.3. The predicted octanol–water partition coefficient (Wildman–Crippen LogP) is 4.01. The molecule has 4 heteroatoms. The molecule has 0 saturated heterocycles. The summed E-state index contributed by atoms with van der Waals surface area (Å²) in [4.78, 5) is 20.1. The zero-order chi connectivity index (χ0) is 17.4. The van der Waals surface area contributed by atoms with Crippen LogP contribution in [0.5, 0.6) is 11.5 Å². The number of carbonyl (C=O) groups is 2. The van der Waals surface area contributed by atoms with Crippen LogP contribution in [0.1, 0.15) is 20.7 Å². The minimum absolute atomic E-state index is 0.0347. The van der Waals surface area contributed by atoms with Crippen molar-refractivity contribution in [1.29, 1.82) is 0 Å². The van der Waals surface area contributed by atoms with Gasteiger partial charge in [-0.15, -0.1) is 26.3 Å². The summed E-state index contributed by atoms with van der Waals surface area (Å²) in [5.74, 6) is 0.0694. The van der Waals surface area contributed by atoms with Gasteiger partial charge in [0, 0.05) is 0 Å². The lowest BCUT2D eigenvalue weighted by molar-refractivity contribution is 0.111. The van der Waals surface area contributed by atoms with Gasteiger partial charge < -0.3 is 10.2 Å². The first-order valence-electron chi connectivity index (χ1n) is 6.15. The molecule has 0 fully saturated rings. The highest BCUT2D eigenvalue weighted by Gasteiger charge is 1.93. The number of hydrogen-bond donors (Lipinski definition) is 2. The van der Waals surface area contributed by atoms with Gasteiger partial charge in [0.2, 0.25) is 0 Å². The summed E-state index contributed by atoms with van der Waals surface area (Å²) in [5, 5.41) is 17.8. The van der Waals surface area contributed by atoms with E-state index >= 15 is 0 Å². The molecule has 0 aliphatic rings. The maximum Gasteiger partial charge on any atom is 0.153 e. The monoisotopic (exact) mass is 300 g/mol. The number of benzene rings is 2. The first-order chi connectivity index (χ1) is 10.7. The molecule has 0 saturated carbocycles. The van der Waals surface area contributed by atoms with E-state index in [4.69, 9.17) is 10.2 Å². The van der Waals surface area contributed by atoms with Crippen molar-refractivity contribution in [3.63, 3.8) is 0 Å². The smallest absolute Gasteiger partial charge is 0.153 e. The van der Waals surface area contributed by atoms with Crippen molar-refractivity contribution in [3.05, 3.63) is 86.0 Å². The molecular formula is C18H20O4. The largest absolute Gasteiger partial charge is 0.507 e. The molecule has 0 aromatic heterocycles. The third-order valence-corrected chi connectivity index (χ3v) is 2.13.